The van der Waals surface area contributed by atoms with Gasteiger partial charge in [0.1, 0.15) is 23.5 Å². The maximum atomic E-state index is 11.4. The zero-order chi connectivity index (χ0) is 24.5. The van der Waals surface area contributed by atoms with Gasteiger partial charge in [-0.25, -0.2) is 19.7 Å². The first-order chi connectivity index (χ1) is 17.0. The van der Waals surface area contributed by atoms with E-state index in [4.69, 9.17) is 29.0 Å². The number of hydrogen-bond acceptors (Lipinski definition) is 9. The number of ether oxygens (including phenoxy) is 2. The second-order valence-corrected chi connectivity index (χ2v) is 8.20. The molecule has 0 radical (unpaired) electrons. The number of carboxylic acid groups (broad SMARTS) is 1. The number of likely N-dealkylation sites (tertiary alicyclic amines) is 1. The third-order valence-corrected chi connectivity index (χ3v) is 6.12. The number of rotatable bonds is 7. The Labute approximate surface area is 200 Å². The highest BCUT2D eigenvalue weighted by molar-refractivity contribution is 5.67. The lowest BCUT2D eigenvalue weighted by Gasteiger charge is -2.13. The van der Waals surface area contributed by atoms with Crippen molar-refractivity contribution in [1.29, 1.82) is 0 Å². The van der Waals surface area contributed by atoms with Crippen LogP contribution in [0.5, 0.6) is 11.5 Å². The zero-order valence-corrected chi connectivity index (χ0v) is 19.6. The van der Waals surface area contributed by atoms with Crippen molar-refractivity contribution < 1.29 is 23.8 Å². The van der Waals surface area contributed by atoms with Crippen LogP contribution in [0.25, 0.3) is 17.2 Å². The van der Waals surface area contributed by atoms with E-state index in [0.717, 1.165) is 11.1 Å². The molecule has 1 saturated heterocycles. The predicted octanol–water partition coefficient (Wildman–Crippen LogP) is 3.18. The Morgan fingerprint density at radius 2 is 2.14 bits per heavy atom. The molecule has 0 spiro atoms. The van der Waals surface area contributed by atoms with Crippen LogP contribution in [-0.2, 0) is 6.54 Å². The van der Waals surface area contributed by atoms with Crippen molar-refractivity contribution in [2.75, 3.05) is 32.6 Å². The summed E-state index contributed by atoms with van der Waals surface area (Å²) in [6, 6.07) is 5.59. The monoisotopic (exact) mass is 479 g/mol. The van der Waals surface area contributed by atoms with Gasteiger partial charge in [0.25, 0.3) is 0 Å². The van der Waals surface area contributed by atoms with E-state index in [9.17, 15) is 9.90 Å². The summed E-state index contributed by atoms with van der Waals surface area (Å²) in [6.45, 7) is 3.09. The second-order valence-electron chi connectivity index (χ2n) is 8.20. The van der Waals surface area contributed by atoms with E-state index in [0.29, 0.717) is 66.6 Å². The summed E-state index contributed by atoms with van der Waals surface area (Å²) in [6.07, 6.45) is 2.78. The Balaban J connectivity index is 1.53. The standard InChI is InChI=1S/C23H25N7O5/c1-13-18(21-24-7-9-35-21)26-22(25-11-14-4-5-16(33-2)10-17(14)34-3)30-20(13)27-19(28-30)15-6-8-29(12-15)23(31)32/h4-5,7,9-10,15H,6,8,11-12H2,1-3H3,(H,25,26)(H,31,32). The van der Waals surface area contributed by atoms with E-state index in [1.165, 1.54) is 11.2 Å². The molecule has 1 unspecified atom stereocenters. The van der Waals surface area contributed by atoms with Crippen LogP contribution in [0.15, 0.2) is 35.1 Å². The normalized spacial score (nSPS) is 15.5. The Morgan fingerprint density at radius 3 is 2.83 bits per heavy atom. The van der Waals surface area contributed by atoms with Crippen LogP contribution >= 0.6 is 0 Å². The summed E-state index contributed by atoms with van der Waals surface area (Å²) >= 11 is 0. The molecule has 5 rings (SSSR count). The third kappa shape index (κ3) is 4.18. The van der Waals surface area contributed by atoms with E-state index >= 15 is 0 Å². The molecule has 1 atom stereocenters. The molecule has 12 heteroatoms. The summed E-state index contributed by atoms with van der Waals surface area (Å²) in [5.41, 5.74) is 2.80. The Bertz CT molecular complexity index is 1370. The molecule has 0 saturated carbocycles. The van der Waals surface area contributed by atoms with Crippen molar-refractivity contribution in [3.05, 3.63) is 47.6 Å². The molecular weight excluding hydrogens is 454 g/mol. The van der Waals surface area contributed by atoms with Crippen molar-refractivity contribution in [2.45, 2.75) is 25.8 Å². The molecule has 4 aromatic rings. The minimum absolute atomic E-state index is 0.0925. The lowest BCUT2D eigenvalue weighted by molar-refractivity contribution is 0.155. The van der Waals surface area contributed by atoms with Gasteiger partial charge >= 0.3 is 6.09 Å². The number of amides is 1. The molecule has 12 nitrogen and oxygen atoms in total. The number of carbonyl (C=O) groups is 1. The maximum absolute atomic E-state index is 11.4. The fourth-order valence-corrected chi connectivity index (χ4v) is 4.21. The zero-order valence-electron chi connectivity index (χ0n) is 19.6. The van der Waals surface area contributed by atoms with Gasteiger partial charge in [0.2, 0.25) is 11.8 Å². The van der Waals surface area contributed by atoms with E-state index in [2.05, 4.69) is 10.3 Å². The van der Waals surface area contributed by atoms with Crippen LogP contribution in [0.2, 0.25) is 0 Å². The summed E-state index contributed by atoms with van der Waals surface area (Å²) in [5, 5.41) is 17.4. The topological polar surface area (TPSA) is 140 Å². The van der Waals surface area contributed by atoms with Gasteiger partial charge in [-0.2, -0.15) is 4.52 Å². The summed E-state index contributed by atoms with van der Waals surface area (Å²) in [7, 11) is 3.21. The van der Waals surface area contributed by atoms with Crippen LogP contribution in [0.3, 0.4) is 0 Å². The second kappa shape index (κ2) is 9.12. The minimum atomic E-state index is -0.934. The smallest absolute Gasteiger partial charge is 0.407 e. The molecule has 4 heterocycles. The van der Waals surface area contributed by atoms with Crippen molar-refractivity contribution in [3.8, 4) is 23.1 Å². The molecule has 1 amide bonds. The van der Waals surface area contributed by atoms with Crippen LogP contribution < -0.4 is 14.8 Å². The van der Waals surface area contributed by atoms with E-state index in [1.54, 1.807) is 24.9 Å². The van der Waals surface area contributed by atoms with Gasteiger partial charge in [-0.3, -0.25) is 0 Å². The Hall–Kier alpha value is -4.35. The molecule has 0 bridgehead atoms. The van der Waals surface area contributed by atoms with Crippen LogP contribution in [-0.4, -0.2) is 68.0 Å². The number of benzene rings is 1. The number of anilines is 1. The molecule has 1 aliphatic rings. The number of oxazole rings is 1. The molecule has 1 aliphatic heterocycles. The molecule has 182 valence electrons. The van der Waals surface area contributed by atoms with Crippen LogP contribution in [0.1, 0.15) is 29.3 Å². The summed E-state index contributed by atoms with van der Waals surface area (Å²) < 4.78 is 18.0. The number of aromatic nitrogens is 5. The first kappa shape index (κ1) is 22.4. The Morgan fingerprint density at radius 1 is 1.29 bits per heavy atom. The first-order valence-electron chi connectivity index (χ1n) is 11.1. The molecular formula is C23H25N7O5. The highest BCUT2D eigenvalue weighted by Crippen LogP contribution is 2.30. The Kier molecular flexibility index (Phi) is 5.85. The van der Waals surface area contributed by atoms with Gasteiger partial charge in [0.05, 0.1) is 20.4 Å². The van der Waals surface area contributed by atoms with Gasteiger partial charge in [0.15, 0.2) is 11.5 Å². The first-order valence-corrected chi connectivity index (χ1v) is 11.1. The van der Waals surface area contributed by atoms with Crippen molar-refractivity contribution in [1.82, 2.24) is 29.5 Å². The van der Waals surface area contributed by atoms with Gasteiger partial charge in [-0.05, 0) is 25.5 Å². The van der Waals surface area contributed by atoms with Gasteiger partial charge < -0.3 is 29.2 Å². The number of nitrogens with one attached hydrogen (secondary N) is 1. The van der Waals surface area contributed by atoms with Crippen molar-refractivity contribution in [3.63, 3.8) is 0 Å². The van der Waals surface area contributed by atoms with Gasteiger partial charge in [-0.15, -0.1) is 5.10 Å². The number of fused-ring (bicyclic) bond motifs is 1. The molecule has 1 aromatic carbocycles. The van der Waals surface area contributed by atoms with E-state index in [-0.39, 0.29) is 5.92 Å². The number of methoxy groups -OCH3 is 2. The molecule has 3 aromatic heterocycles. The lowest BCUT2D eigenvalue weighted by atomic mass is 10.1. The molecule has 35 heavy (non-hydrogen) atoms. The van der Waals surface area contributed by atoms with Crippen LogP contribution in [0, 0.1) is 6.92 Å². The molecule has 2 N–H and O–H groups in total. The van der Waals surface area contributed by atoms with Crippen molar-refractivity contribution >= 4 is 17.7 Å². The average molecular weight is 479 g/mol. The van der Waals surface area contributed by atoms with Crippen LogP contribution in [0.4, 0.5) is 10.7 Å². The largest absolute Gasteiger partial charge is 0.497 e. The SMILES string of the molecule is COc1ccc(CNc2nc(-c3ncco3)c(C)c3nc(C4CCN(C(=O)O)C4)nn23)c(OC)c1. The maximum Gasteiger partial charge on any atom is 0.407 e. The highest BCUT2D eigenvalue weighted by Gasteiger charge is 2.31. The number of nitrogens with zero attached hydrogens (tertiary/aromatic N) is 6. The quantitative estimate of drug-likeness (QED) is 0.406. The summed E-state index contributed by atoms with van der Waals surface area (Å²) in [4.78, 5) is 26.5. The van der Waals surface area contributed by atoms with E-state index in [1.807, 2.05) is 25.1 Å². The van der Waals surface area contributed by atoms with E-state index < -0.39 is 6.09 Å². The van der Waals surface area contributed by atoms with Gasteiger partial charge in [-0.1, -0.05) is 0 Å². The third-order valence-electron chi connectivity index (χ3n) is 6.12. The average Bonchev–Trinajstić information content (AvgIpc) is 3.64. The highest BCUT2D eigenvalue weighted by atomic mass is 16.5. The lowest BCUT2D eigenvalue weighted by Crippen LogP contribution is -2.26. The van der Waals surface area contributed by atoms with Crippen molar-refractivity contribution in [2.24, 2.45) is 0 Å². The fraction of sp³-hybridized carbons (Fsp3) is 0.348. The number of hydrogen-bond donors (Lipinski definition) is 2. The van der Waals surface area contributed by atoms with Gasteiger partial charge in [0, 0.05) is 42.7 Å². The predicted molar refractivity (Wildman–Crippen MR) is 125 cm³/mol. The molecule has 1 fully saturated rings. The fourth-order valence-electron chi connectivity index (χ4n) is 4.21. The molecule has 0 aliphatic carbocycles. The minimum Gasteiger partial charge on any atom is -0.497 e. The number of aryl methyl sites for hydroxylation is 1. The summed E-state index contributed by atoms with van der Waals surface area (Å²) in [5.74, 6) is 2.67.